The Balaban J connectivity index is 1.48. The van der Waals surface area contributed by atoms with Crippen LogP contribution in [0.5, 0.6) is 0 Å². The molecule has 0 atom stereocenters. The molecule has 2 aromatic carbocycles. The zero-order valence-electron chi connectivity index (χ0n) is 14.0. The van der Waals surface area contributed by atoms with Gasteiger partial charge in [-0.1, -0.05) is 12.1 Å². The molecule has 132 valence electrons. The number of anilines is 1. The molecule has 0 aliphatic carbocycles. The van der Waals surface area contributed by atoms with E-state index in [0.29, 0.717) is 25.9 Å². The molecule has 1 aliphatic heterocycles. The Labute approximate surface area is 149 Å². The summed E-state index contributed by atoms with van der Waals surface area (Å²) < 4.78 is 27.2. The number of nitrogens with zero attached hydrogens (tertiary/aromatic N) is 3. The fourth-order valence-electron chi connectivity index (χ4n) is 3.38. The van der Waals surface area contributed by atoms with Gasteiger partial charge in [0.2, 0.25) is 0 Å². The average molecular weight is 353 g/mol. The van der Waals surface area contributed by atoms with Gasteiger partial charge in [0.25, 0.3) is 0 Å². The first kappa shape index (κ1) is 16.6. The third-order valence-electron chi connectivity index (χ3n) is 4.82. The minimum atomic E-state index is -0.667. The molecule has 4 nitrogen and oxygen atoms in total. The predicted octanol–water partition coefficient (Wildman–Crippen LogP) is 4.01. The highest BCUT2D eigenvalue weighted by atomic mass is 19.1. The zero-order valence-corrected chi connectivity index (χ0v) is 14.0. The first-order valence-electron chi connectivity index (χ1n) is 8.58. The van der Waals surface area contributed by atoms with E-state index >= 15 is 0 Å². The number of piperidine rings is 1. The van der Waals surface area contributed by atoms with Crippen molar-refractivity contribution in [2.24, 2.45) is 5.92 Å². The van der Waals surface area contributed by atoms with E-state index in [0.717, 1.165) is 35.1 Å². The summed E-state index contributed by atoms with van der Waals surface area (Å²) >= 11 is 0. The fourth-order valence-corrected chi connectivity index (χ4v) is 3.38. The Kier molecular flexibility index (Phi) is 4.32. The second-order valence-electron chi connectivity index (χ2n) is 6.47. The zero-order chi connectivity index (χ0) is 18.1. The molecule has 0 unspecified atom stereocenters. The van der Waals surface area contributed by atoms with Crippen molar-refractivity contribution in [3.63, 3.8) is 0 Å². The van der Waals surface area contributed by atoms with Gasteiger partial charge >= 0.3 is 0 Å². The molecule has 0 spiro atoms. The molecule has 0 amide bonds. The number of ketones is 1. The molecule has 1 fully saturated rings. The van der Waals surface area contributed by atoms with Gasteiger partial charge in [0.1, 0.15) is 17.5 Å². The molecule has 1 saturated heterocycles. The van der Waals surface area contributed by atoms with E-state index < -0.39 is 11.6 Å². The van der Waals surface area contributed by atoms with Gasteiger partial charge in [-0.3, -0.25) is 9.78 Å². The fraction of sp³-hybridized carbons (Fsp3) is 0.250. The monoisotopic (exact) mass is 353 g/mol. The van der Waals surface area contributed by atoms with E-state index in [4.69, 9.17) is 0 Å². The maximum Gasteiger partial charge on any atom is 0.169 e. The van der Waals surface area contributed by atoms with Crippen molar-refractivity contribution < 1.29 is 13.6 Å². The number of Topliss-reactive ketones (excluding diaryl/α,β-unsaturated/α-hetero) is 1. The summed E-state index contributed by atoms with van der Waals surface area (Å²) in [5, 5.41) is 0. The molecule has 0 radical (unpaired) electrons. The number of rotatable bonds is 3. The maximum atomic E-state index is 13.8. The van der Waals surface area contributed by atoms with Crippen molar-refractivity contribution in [1.29, 1.82) is 0 Å². The predicted molar refractivity (Wildman–Crippen MR) is 95.2 cm³/mol. The van der Waals surface area contributed by atoms with Gasteiger partial charge in [-0.2, -0.15) is 0 Å². The molecule has 0 bridgehead atoms. The number of para-hydroxylation sites is 2. The third kappa shape index (κ3) is 3.14. The normalized spacial score (nSPS) is 15.4. The van der Waals surface area contributed by atoms with Crippen molar-refractivity contribution in [3.05, 3.63) is 65.9 Å². The van der Waals surface area contributed by atoms with Gasteiger partial charge in [0, 0.05) is 19.0 Å². The average Bonchev–Trinajstić information content (AvgIpc) is 2.69. The van der Waals surface area contributed by atoms with E-state index in [1.807, 2.05) is 24.3 Å². The van der Waals surface area contributed by atoms with Gasteiger partial charge in [-0.25, -0.2) is 13.8 Å². The van der Waals surface area contributed by atoms with E-state index in [1.165, 1.54) is 0 Å². The van der Waals surface area contributed by atoms with Crippen LogP contribution in [0.2, 0.25) is 0 Å². The van der Waals surface area contributed by atoms with Gasteiger partial charge in [-0.15, -0.1) is 0 Å². The molecule has 6 heteroatoms. The first-order chi connectivity index (χ1) is 12.6. The van der Waals surface area contributed by atoms with Crippen molar-refractivity contribution in [2.45, 2.75) is 12.8 Å². The van der Waals surface area contributed by atoms with Crippen LogP contribution in [0.1, 0.15) is 23.2 Å². The molecule has 2 heterocycles. The van der Waals surface area contributed by atoms with Crippen LogP contribution in [0, 0.1) is 17.6 Å². The second kappa shape index (κ2) is 6.78. The molecule has 1 aliphatic rings. The van der Waals surface area contributed by atoms with Gasteiger partial charge in [0.05, 0.1) is 22.8 Å². The van der Waals surface area contributed by atoms with E-state index in [1.54, 1.807) is 6.20 Å². The first-order valence-corrected chi connectivity index (χ1v) is 8.58. The van der Waals surface area contributed by atoms with Crippen LogP contribution in [0.15, 0.2) is 48.7 Å². The highest BCUT2D eigenvalue weighted by molar-refractivity contribution is 5.98. The van der Waals surface area contributed by atoms with Crippen molar-refractivity contribution in [2.75, 3.05) is 18.0 Å². The van der Waals surface area contributed by atoms with Gasteiger partial charge < -0.3 is 4.90 Å². The molecule has 1 aromatic heterocycles. The van der Waals surface area contributed by atoms with Crippen LogP contribution in [-0.4, -0.2) is 28.8 Å². The summed E-state index contributed by atoms with van der Waals surface area (Å²) in [6.45, 7) is 1.25. The molecular weight excluding hydrogens is 336 g/mol. The largest absolute Gasteiger partial charge is 0.355 e. The number of hydrogen-bond acceptors (Lipinski definition) is 4. The topological polar surface area (TPSA) is 46.1 Å². The van der Waals surface area contributed by atoms with Crippen LogP contribution in [0.25, 0.3) is 11.0 Å². The van der Waals surface area contributed by atoms with Crippen LogP contribution < -0.4 is 4.90 Å². The smallest absolute Gasteiger partial charge is 0.169 e. The standard InChI is InChI=1S/C20H17F2N3O/c21-14-5-6-16(22)15(11-14)20(26)13-7-9-25(10-8-13)19-12-23-17-3-1-2-4-18(17)24-19/h1-6,11-13H,7-10H2. The summed E-state index contributed by atoms with van der Waals surface area (Å²) in [4.78, 5) is 23.7. The summed E-state index contributed by atoms with van der Waals surface area (Å²) in [6.07, 6.45) is 2.88. The van der Waals surface area contributed by atoms with E-state index in [9.17, 15) is 13.6 Å². The number of carbonyl (C=O) groups is 1. The van der Waals surface area contributed by atoms with Crippen LogP contribution in [-0.2, 0) is 0 Å². The molecular formula is C20H17F2N3O. The number of carbonyl (C=O) groups excluding carboxylic acids is 1. The Morgan fingerprint density at radius 2 is 1.77 bits per heavy atom. The quantitative estimate of drug-likeness (QED) is 0.668. The Hall–Kier alpha value is -2.89. The van der Waals surface area contributed by atoms with Crippen LogP contribution >= 0.6 is 0 Å². The van der Waals surface area contributed by atoms with Crippen molar-refractivity contribution in [1.82, 2.24) is 9.97 Å². The lowest BCUT2D eigenvalue weighted by Crippen LogP contribution is -2.37. The molecule has 3 aromatic rings. The second-order valence-corrected chi connectivity index (χ2v) is 6.47. The highest BCUT2D eigenvalue weighted by Crippen LogP contribution is 2.26. The van der Waals surface area contributed by atoms with E-state index in [2.05, 4.69) is 14.9 Å². The van der Waals surface area contributed by atoms with Crippen LogP contribution in [0.3, 0.4) is 0 Å². The molecule has 0 saturated carbocycles. The third-order valence-corrected chi connectivity index (χ3v) is 4.82. The minimum absolute atomic E-state index is 0.158. The summed E-state index contributed by atoms with van der Waals surface area (Å²) in [7, 11) is 0. The Bertz CT molecular complexity index is 968. The lowest BCUT2D eigenvalue weighted by Gasteiger charge is -2.32. The lowest BCUT2D eigenvalue weighted by atomic mass is 9.88. The highest BCUT2D eigenvalue weighted by Gasteiger charge is 2.28. The lowest BCUT2D eigenvalue weighted by molar-refractivity contribution is 0.0895. The summed E-state index contributed by atoms with van der Waals surface area (Å²) in [5.74, 6) is -1.13. The Morgan fingerprint density at radius 3 is 2.54 bits per heavy atom. The van der Waals surface area contributed by atoms with Crippen molar-refractivity contribution in [3.8, 4) is 0 Å². The number of aromatic nitrogens is 2. The number of benzene rings is 2. The Morgan fingerprint density at radius 1 is 1.04 bits per heavy atom. The number of hydrogen-bond donors (Lipinski definition) is 0. The van der Waals surface area contributed by atoms with E-state index in [-0.39, 0.29) is 17.3 Å². The minimum Gasteiger partial charge on any atom is -0.355 e. The SMILES string of the molecule is O=C(c1cc(F)ccc1F)C1CCN(c2cnc3ccccc3n2)CC1. The van der Waals surface area contributed by atoms with Gasteiger partial charge in [-0.05, 0) is 43.2 Å². The number of halogens is 2. The molecule has 4 rings (SSSR count). The van der Waals surface area contributed by atoms with Crippen molar-refractivity contribution >= 4 is 22.6 Å². The summed E-state index contributed by atoms with van der Waals surface area (Å²) in [5.41, 5.74) is 1.50. The number of fused-ring (bicyclic) bond motifs is 1. The molecule has 26 heavy (non-hydrogen) atoms. The van der Waals surface area contributed by atoms with Gasteiger partial charge in [0.15, 0.2) is 5.78 Å². The van der Waals surface area contributed by atoms with Crippen LogP contribution in [0.4, 0.5) is 14.6 Å². The molecule has 0 N–H and O–H groups in total. The maximum absolute atomic E-state index is 13.8. The summed E-state index contributed by atoms with van der Waals surface area (Å²) in [6, 6.07) is 10.7.